The number of benzene rings is 3. The fourth-order valence-electron chi connectivity index (χ4n) is 3.41. The van der Waals surface area contributed by atoms with Crippen LogP contribution in [0.4, 0.5) is 0 Å². The zero-order chi connectivity index (χ0) is 22.0. The molecular weight excluding hydrogens is 412 g/mol. The predicted octanol–water partition coefficient (Wildman–Crippen LogP) is 4.54. The second-order valence-corrected chi connectivity index (χ2v) is 8.90. The van der Waals surface area contributed by atoms with E-state index in [2.05, 4.69) is 4.98 Å². The first-order chi connectivity index (χ1) is 14.9. The van der Waals surface area contributed by atoms with Crippen molar-refractivity contribution >= 4 is 9.84 Å². The molecule has 0 spiro atoms. The van der Waals surface area contributed by atoms with Crippen LogP contribution in [-0.4, -0.2) is 20.5 Å². The minimum Gasteiger partial charge on any atom is -0.496 e. The van der Waals surface area contributed by atoms with E-state index in [1.807, 2.05) is 43.3 Å². The molecule has 0 bridgehead atoms. The van der Waals surface area contributed by atoms with Gasteiger partial charge in [0.25, 0.3) is 0 Å². The Morgan fingerprint density at radius 1 is 0.935 bits per heavy atom. The Morgan fingerprint density at radius 2 is 1.58 bits per heavy atom. The summed E-state index contributed by atoms with van der Waals surface area (Å²) in [5.74, 6) is 0.798. The molecule has 4 aromatic rings. The van der Waals surface area contributed by atoms with Gasteiger partial charge >= 0.3 is 0 Å². The van der Waals surface area contributed by atoms with Gasteiger partial charge in [0.2, 0.25) is 20.8 Å². The monoisotopic (exact) mass is 434 g/mol. The van der Waals surface area contributed by atoms with Crippen LogP contribution in [0, 0.1) is 6.92 Å². The van der Waals surface area contributed by atoms with Gasteiger partial charge in [-0.2, -0.15) is 4.98 Å². The van der Waals surface area contributed by atoms with E-state index in [-0.39, 0.29) is 21.6 Å². The normalized spacial score (nSPS) is 12.5. The first kappa shape index (κ1) is 20.8. The Kier molecular flexibility index (Phi) is 5.63. The number of nitrogens with two attached hydrogens (primary N) is 1. The summed E-state index contributed by atoms with van der Waals surface area (Å²) in [6.45, 7) is 1.91. The van der Waals surface area contributed by atoms with E-state index in [0.717, 1.165) is 5.56 Å². The molecule has 0 saturated carbocycles. The van der Waals surface area contributed by atoms with E-state index in [0.29, 0.717) is 16.9 Å². The molecular formula is C24H22N2O4S. The molecule has 0 saturated heterocycles. The third kappa shape index (κ3) is 3.85. The summed E-state index contributed by atoms with van der Waals surface area (Å²) < 4.78 is 38.4. The molecule has 1 atom stereocenters. The molecule has 0 radical (unpaired) electrons. The third-order valence-corrected chi connectivity index (χ3v) is 6.75. The van der Waals surface area contributed by atoms with Gasteiger partial charge in [0, 0.05) is 11.1 Å². The average molecular weight is 435 g/mol. The van der Waals surface area contributed by atoms with Gasteiger partial charge in [-0.15, -0.1) is 0 Å². The summed E-state index contributed by atoms with van der Waals surface area (Å²) in [5.41, 5.74) is 8.73. The van der Waals surface area contributed by atoms with Crippen LogP contribution in [0.5, 0.6) is 5.75 Å². The van der Waals surface area contributed by atoms with E-state index in [4.69, 9.17) is 14.9 Å². The maximum atomic E-state index is 13.5. The standard InChI is InChI=1S/C24H22N2O4S/c1-16-10-6-7-13-18(16)23-26-24(31(27,28)17-11-4-3-5-12-17)22(30-23)21(25)19-14-8-9-15-20(19)29-2/h3-15,21H,25H2,1-2H3. The van der Waals surface area contributed by atoms with E-state index in [1.165, 1.54) is 19.2 Å². The van der Waals surface area contributed by atoms with Crippen LogP contribution in [0.25, 0.3) is 11.5 Å². The van der Waals surface area contributed by atoms with Crippen LogP contribution >= 0.6 is 0 Å². The Bertz CT molecular complexity index is 1310. The van der Waals surface area contributed by atoms with Crippen molar-refractivity contribution < 1.29 is 17.6 Å². The van der Waals surface area contributed by atoms with Crippen LogP contribution in [0.1, 0.15) is 22.9 Å². The summed E-state index contributed by atoms with van der Waals surface area (Å²) in [7, 11) is -2.43. The molecule has 31 heavy (non-hydrogen) atoms. The quantitative estimate of drug-likeness (QED) is 0.479. The number of nitrogens with zero attached hydrogens (tertiary/aromatic N) is 1. The smallest absolute Gasteiger partial charge is 0.227 e. The highest BCUT2D eigenvalue weighted by Crippen LogP contribution is 2.37. The number of rotatable bonds is 6. The molecule has 0 fully saturated rings. The van der Waals surface area contributed by atoms with Gasteiger partial charge in [0.05, 0.1) is 18.0 Å². The zero-order valence-electron chi connectivity index (χ0n) is 17.1. The SMILES string of the molecule is COc1ccccc1C(N)c1oc(-c2ccccc2C)nc1S(=O)(=O)c1ccccc1. The number of sulfone groups is 1. The molecule has 4 rings (SSSR count). The van der Waals surface area contributed by atoms with E-state index >= 15 is 0 Å². The summed E-state index contributed by atoms with van der Waals surface area (Å²) in [4.78, 5) is 4.53. The molecule has 1 heterocycles. The molecule has 2 N–H and O–H groups in total. The molecule has 6 nitrogen and oxygen atoms in total. The Balaban J connectivity index is 1.94. The topological polar surface area (TPSA) is 95.4 Å². The highest BCUT2D eigenvalue weighted by molar-refractivity contribution is 7.91. The molecule has 1 unspecified atom stereocenters. The van der Waals surface area contributed by atoms with Crippen molar-refractivity contribution in [2.75, 3.05) is 7.11 Å². The fraction of sp³-hybridized carbons (Fsp3) is 0.125. The number of ether oxygens (including phenoxy) is 1. The van der Waals surface area contributed by atoms with Gasteiger partial charge in [0.1, 0.15) is 5.75 Å². The maximum Gasteiger partial charge on any atom is 0.227 e. The molecule has 158 valence electrons. The molecule has 0 aliphatic carbocycles. The molecule has 3 aromatic carbocycles. The zero-order valence-corrected chi connectivity index (χ0v) is 18.0. The number of aryl methyl sites for hydroxylation is 1. The van der Waals surface area contributed by atoms with Crippen molar-refractivity contribution in [3.8, 4) is 17.2 Å². The van der Waals surface area contributed by atoms with Crippen molar-refractivity contribution in [1.29, 1.82) is 0 Å². The third-order valence-electron chi connectivity index (χ3n) is 5.06. The van der Waals surface area contributed by atoms with Crippen LogP contribution < -0.4 is 10.5 Å². The van der Waals surface area contributed by atoms with Crippen molar-refractivity contribution in [1.82, 2.24) is 4.98 Å². The highest BCUT2D eigenvalue weighted by atomic mass is 32.2. The molecule has 1 aromatic heterocycles. The second-order valence-electron chi connectivity index (χ2n) is 7.04. The van der Waals surface area contributed by atoms with Gasteiger partial charge in [-0.05, 0) is 36.8 Å². The van der Waals surface area contributed by atoms with E-state index in [1.54, 1.807) is 30.3 Å². The van der Waals surface area contributed by atoms with Crippen molar-refractivity contribution in [2.24, 2.45) is 5.73 Å². The Hall–Kier alpha value is -3.42. The maximum absolute atomic E-state index is 13.5. The van der Waals surface area contributed by atoms with E-state index < -0.39 is 15.9 Å². The first-order valence-corrected chi connectivity index (χ1v) is 11.2. The van der Waals surface area contributed by atoms with Crippen LogP contribution in [-0.2, 0) is 9.84 Å². The molecule has 0 aliphatic rings. The van der Waals surface area contributed by atoms with Gasteiger partial charge in [0.15, 0.2) is 5.76 Å². The number of aromatic nitrogens is 1. The summed E-state index contributed by atoms with van der Waals surface area (Å²) >= 11 is 0. The lowest BCUT2D eigenvalue weighted by atomic mass is 10.0. The number of methoxy groups -OCH3 is 1. The molecule has 0 amide bonds. The second kappa shape index (κ2) is 8.37. The predicted molar refractivity (Wildman–Crippen MR) is 118 cm³/mol. The summed E-state index contributed by atoms with van der Waals surface area (Å²) in [6, 6.07) is 21.9. The number of oxazole rings is 1. The van der Waals surface area contributed by atoms with Crippen molar-refractivity contribution in [3.05, 3.63) is 95.7 Å². The van der Waals surface area contributed by atoms with Gasteiger partial charge in [-0.3, -0.25) is 0 Å². The summed E-state index contributed by atoms with van der Waals surface area (Å²) in [5, 5.41) is -0.199. The Morgan fingerprint density at radius 3 is 2.29 bits per heavy atom. The van der Waals surface area contributed by atoms with Gasteiger partial charge in [-0.1, -0.05) is 54.6 Å². The fourth-order valence-corrected chi connectivity index (χ4v) is 4.79. The van der Waals surface area contributed by atoms with Gasteiger partial charge in [-0.25, -0.2) is 8.42 Å². The molecule has 7 heteroatoms. The lowest BCUT2D eigenvalue weighted by Crippen LogP contribution is -2.16. The lowest BCUT2D eigenvalue weighted by molar-refractivity contribution is 0.402. The van der Waals surface area contributed by atoms with Gasteiger partial charge < -0.3 is 14.9 Å². The first-order valence-electron chi connectivity index (χ1n) is 9.69. The lowest BCUT2D eigenvalue weighted by Gasteiger charge is -2.14. The summed E-state index contributed by atoms with van der Waals surface area (Å²) in [6.07, 6.45) is 0. The largest absolute Gasteiger partial charge is 0.496 e. The van der Waals surface area contributed by atoms with E-state index in [9.17, 15) is 8.42 Å². The van der Waals surface area contributed by atoms with Crippen LogP contribution in [0.3, 0.4) is 0 Å². The number of hydrogen-bond acceptors (Lipinski definition) is 6. The molecule has 0 aliphatic heterocycles. The highest BCUT2D eigenvalue weighted by Gasteiger charge is 2.32. The minimum atomic E-state index is -3.97. The number of para-hydroxylation sites is 1. The van der Waals surface area contributed by atoms with Crippen molar-refractivity contribution in [2.45, 2.75) is 22.9 Å². The Labute approximate surface area is 181 Å². The minimum absolute atomic E-state index is 0.0617. The number of hydrogen-bond donors (Lipinski definition) is 1. The van der Waals surface area contributed by atoms with Crippen LogP contribution in [0.15, 0.2) is 93.2 Å². The van der Waals surface area contributed by atoms with Crippen LogP contribution in [0.2, 0.25) is 0 Å². The van der Waals surface area contributed by atoms with Crippen molar-refractivity contribution in [3.63, 3.8) is 0 Å². The average Bonchev–Trinajstić information content (AvgIpc) is 3.25.